The van der Waals surface area contributed by atoms with Gasteiger partial charge in [-0.25, -0.2) is 4.79 Å². The molecule has 0 spiro atoms. The number of hydrogen-bond donors (Lipinski definition) is 1. The van der Waals surface area contributed by atoms with Gasteiger partial charge in [-0.3, -0.25) is 0 Å². The van der Waals surface area contributed by atoms with Gasteiger partial charge < -0.3 is 10.1 Å². The lowest BCUT2D eigenvalue weighted by molar-refractivity contribution is 0.0601. The number of nitrogens with one attached hydrogen (secondary N) is 1. The molecule has 94 valence electrons. The number of anilines is 1. The summed E-state index contributed by atoms with van der Waals surface area (Å²) in [6.07, 6.45) is 5.01. The largest absolute Gasteiger partial charge is 0.465 e. The molecule has 3 nitrogen and oxygen atoms in total. The molecule has 0 bridgehead atoms. The van der Waals surface area contributed by atoms with Gasteiger partial charge in [0.25, 0.3) is 0 Å². The van der Waals surface area contributed by atoms with E-state index in [-0.39, 0.29) is 5.97 Å². The monoisotopic (exact) mass is 235 g/mol. The SMILES string of the molecule is CCCCCCNc1ccc(C(=O)OC)cc1. The Bertz CT molecular complexity index is 333. The van der Waals surface area contributed by atoms with Crippen LogP contribution in [0.5, 0.6) is 0 Å². The van der Waals surface area contributed by atoms with E-state index < -0.39 is 0 Å². The summed E-state index contributed by atoms with van der Waals surface area (Å²) in [4.78, 5) is 11.2. The van der Waals surface area contributed by atoms with E-state index >= 15 is 0 Å². The molecular weight excluding hydrogens is 214 g/mol. The molecule has 0 aromatic heterocycles. The summed E-state index contributed by atoms with van der Waals surface area (Å²) < 4.78 is 4.64. The molecule has 0 fully saturated rings. The number of carbonyl (C=O) groups is 1. The summed E-state index contributed by atoms with van der Waals surface area (Å²) in [7, 11) is 1.39. The van der Waals surface area contributed by atoms with Crippen molar-refractivity contribution in [3.05, 3.63) is 29.8 Å². The fourth-order valence-electron chi connectivity index (χ4n) is 1.63. The summed E-state index contributed by atoms with van der Waals surface area (Å²) in [5, 5.41) is 3.34. The molecule has 0 heterocycles. The maximum absolute atomic E-state index is 11.2. The Hall–Kier alpha value is -1.51. The molecule has 1 N–H and O–H groups in total. The number of carbonyl (C=O) groups excluding carboxylic acids is 1. The molecule has 0 amide bonds. The van der Waals surface area contributed by atoms with Crippen LogP contribution in [-0.2, 0) is 4.74 Å². The maximum Gasteiger partial charge on any atom is 0.337 e. The second kappa shape index (κ2) is 7.71. The Balaban J connectivity index is 2.33. The minimum Gasteiger partial charge on any atom is -0.465 e. The van der Waals surface area contributed by atoms with E-state index in [4.69, 9.17) is 0 Å². The first-order valence-corrected chi connectivity index (χ1v) is 6.20. The number of hydrogen-bond acceptors (Lipinski definition) is 3. The van der Waals surface area contributed by atoms with Crippen molar-refractivity contribution in [1.29, 1.82) is 0 Å². The predicted molar refractivity (Wildman–Crippen MR) is 70.4 cm³/mol. The van der Waals surface area contributed by atoms with Gasteiger partial charge in [-0.05, 0) is 30.7 Å². The molecule has 1 aromatic carbocycles. The minimum atomic E-state index is -0.292. The zero-order chi connectivity index (χ0) is 12.5. The van der Waals surface area contributed by atoms with E-state index in [1.807, 2.05) is 12.1 Å². The van der Waals surface area contributed by atoms with Gasteiger partial charge in [-0.2, -0.15) is 0 Å². The third-order valence-electron chi connectivity index (χ3n) is 2.67. The standard InChI is InChI=1S/C14H21NO2/c1-3-4-5-6-11-15-13-9-7-12(8-10-13)14(16)17-2/h7-10,15H,3-6,11H2,1-2H3. The lowest BCUT2D eigenvalue weighted by Crippen LogP contribution is -2.03. The van der Waals surface area contributed by atoms with Crippen LogP contribution < -0.4 is 5.32 Å². The molecule has 0 radical (unpaired) electrons. The number of ether oxygens (including phenoxy) is 1. The molecule has 1 rings (SSSR count). The summed E-state index contributed by atoms with van der Waals surface area (Å²) in [5.74, 6) is -0.292. The van der Waals surface area contributed by atoms with E-state index in [9.17, 15) is 4.79 Å². The van der Waals surface area contributed by atoms with Gasteiger partial charge in [0.15, 0.2) is 0 Å². The molecule has 1 aromatic rings. The molecule has 0 saturated heterocycles. The number of esters is 1. The van der Waals surface area contributed by atoms with E-state index in [1.54, 1.807) is 12.1 Å². The summed E-state index contributed by atoms with van der Waals surface area (Å²) in [6, 6.07) is 7.37. The predicted octanol–water partition coefficient (Wildman–Crippen LogP) is 3.47. The van der Waals surface area contributed by atoms with Crippen molar-refractivity contribution in [3.8, 4) is 0 Å². The van der Waals surface area contributed by atoms with Crippen LogP contribution in [0.3, 0.4) is 0 Å². The Kier molecular flexibility index (Phi) is 6.15. The Morgan fingerprint density at radius 1 is 1.18 bits per heavy atom. The van der Waals surface area contributed by atoms with Crippen molar-refractivity contribution in [2.75, 3.05) is 19.0 Å². The zero-order valence-corrected chi connectivity index (χ0v) is 10.7. The van der Waals surface area contributed by atoms with Crippen molar-refractivity contribution in [2.24, 2.45) is 0 Å². The quantitative estimate of drug-likeness (QED) is 0.581. The van der Waals surface area contributed by atoms with Gasteiger partial charge >= 0.3 is 5.97 Å². The first-order valence-electron chi connectivity index (χ1n) is 6.20. The average Bonchev–Trinajstić information content (AvgIpc) is 2.38. The van der Waals surface area contributed by atoms with Crippen molar-refractivity contribution < 1.29 is 9.53 Å². The lowest BCUT2D eigenvalue weighted by Gasteiger charge is -2.06. The third kappa shape index (κ3) is 4.89. The normalized spacial score (nSPS) is 10.0. The van der Waals surface area contributed by atoms with Crippen molar-refractivity contribution >= 4 is 11.7 Å². The number of benzene rings is 1. The summed E-state index contributed by atoms with van der Waals surface area (Å²) in [6.45, 7) is 3.19. The first-order chi connectivity index (χ1) is 8.27. The molecule has 3 heteroatoms. The molecule has 17 heavy (non-hydrogen) atoms. The highest BCUT2D eigenvalue weighted by Crippen LogP contribution is 2.10. The highest BCUT2D eigenvalue weighted by atomic mass is 16.5. The highest BCUT2D eigenvalue weighted by molar-refractivity contribution is 5.89. The minimum absolute atomic E-state index is 0.292. The highest BCUT2D eigenvalue weighted by Gasteiger charge is 2.03. The lowest BCUT2D eigenvalue weighted by atomic mass is 10.2. The molecular formula is C14H21NO2. The first kappa shape index (κ1) is 13.6. The van der Waals surface area contributed by atoms with Crippen molar-refractivity contribution in [2.45, 2.75) is 32.6 Å². The van der Waals surface area contributed by atoms with Gasteiger partial charge in [0.1, 0.15) is 0 Å². The fourth-order valence-corrected chi connectivity index (χ4v) is 1.63. The molecule has 0 aliphatic rings. The van der Waals surface area contributed by atoms with Crippen molar-refractivity contribution in [1.82, 2.24) is 0 Å². The van der Waals surface area contributed by atoms with Crippen LogP contribution in [0.4, 0.5) is 5.69 Å². The van der Waals surface area contributed by atoms with E-state index in [0.29, 0.717) is 5.56 Å². The van der Waals surface area contributed by atoms with Crippen LogP contribution in [0, 0.1) is 0 Å². The van der Waals surface area contributed by atoms with Crippen LogP contribution in [0.1, 0.15) is 43.0 Å². The number of unbranched alkanes of at least 4 members (excludes halogenated alkanes) is 3. The van der Waals surface area contributed by atoms with Gasteiger partial charge in [0.05, 0.1) is 12.7 Å². The van der Waals surface area contributed by atoms with Crippen LogP contribution in [0.15, 0.2) is 24.3 Å². The van der Waals surface area contributed by atoms with E-state index in [2.05, 4.69) is 17.0 Å². The second-order valence-electron chi connectivity index (χ2n) is 4.06. The van der Waals surface area contributed by atoms with Crippen molar-refractivity contribution in [3.63, 3.8) is 0 Å². The maximum atomic E-state index is 11.2. The van der Waals surface area contributed by atoms with E-state index in [1.165, 1.54) is 32.8 Å². The number of methoxy groups -OCH3 is 1. The molecule has 0 atom stereocenters. The summed E-state index contributed by atoms with van der Waals surface area (Å²) in [5.41, 5.74) is 1.64. The topological polar surface area (TPSA) is 38.3 Å². The van der Waals surface area contributed by atoms with Crippen LogP contribution >= 0.6 is 0 Å². The van der Waals surface area contributed by atoms with Gasteiger partial charge in [-0.1, -0.05) is 26.2 Å². The van der Waals surface area contributed by atoms with Crippen LogP contribution in [-0.4, -0.2) is 19.6 Å². The number of rotatable bonds is 7. The zero-order valence-electron chi connectivity index (χ0n) is 10.7. The Labute approximate surface area is 103 Å². The summed E-state index contributed by atoms with van der Waals surface area (Å²) >= 11 is 0. The van der Waals surface area contributed by atoms with Crippen LogP contribution in [0.25, 0.3) is 0 Å². The fraction of sp³-hybridized carbons (Fsp3) is 0.500. The molecule has 0 saturated carbocycles. The van der Waals surface area contributed by atoms with E-state index in [0.717, 1.165) is 12.2 Å². The smallest absolute Gasteiger partial charge is 0.337 e. The third-order valence-corrected chi connectivity index (χ3v) is 2.67. The van der Waals surface area contributed by atoms with Gasteiger partial charge in [-0.15, -0.1) is 0 Å². The van der Waals surface area contributed by atoms with Crippen LogP contribution in [0.2, 0.25) is 0 Å². The molecule has 0 aliphatic heterocycles. The molecule has 0 unspecified atom stereocenters. The van der Waals surface area contributed by atoms with Gasteiger partial charge in [0, 0.05) is 12.2 Å². The Morgan fingerprint density at radius 3 is 2.47 bits per heavy atom. The average molecular weight is 235 g/mol. The second-order valence-corrected chi connectivity index (χ2v) is 4.06. The Morgan fingerprint density at radius 2 is 1.88 bits per heavy atom. The van der Waals surface area contributed by atoms with Gasteiger partial charge in [0.2, 0.25) is 0 Å². The molecule has 0 aliphatic carbocycles.